The first kappa shape index (κ1) is 9.54. The number of ether oxygens (including phenoxy) is 1. The largest absolute Gasteiger partial charge is 0.429 e. The number of fused-ring (bicyclic) bond motifs is 1. The molecule has 1 aromatic heterocycles. The van der Waals surface area contributed by atoms with Crippen LogP contribution in [0, 0.1) is 0 Å². The molecule has 78 valence electrons. The summed E-state index contributed by atoms with van der Waals surface area (Å²) in [5.41, 5.74) is 5.41. The lowest BCUT2D eigenvalue weighted by molar-refractivity contribution is 0.185. The molecule has 5 nitrogen and oxygen atoms in total. The third-order valence-corrected chi connectivity index (χ3v) is 1.82. The Morgan fingerprint density at radius 1 is 1.40 bits per heavy atom. The Balaban J connectivity index is 2.18. The van der Waals surface area contributed by atoms with Crippen molar-refractivity contribution < 1.29 is 13.9 Å². The Bertz CT molecular complexity index is 445. The number of carbonyl (C=O) groups excluding carboxylic acids is 1. The van der Waals surface area contributed by atoms with Crippen LogP contribution >= 0.6 is 0 Å². The van der Waals surface area contributed by atoms with Crippen LogP contribution < -0.4 is 15.6 Å². The molecule has 0 spiro atoms. The highest BCUT2D eigenvalue weighted by Gasteiger charge is 2.08. The topological polar surface area (TPSA) is 63.5 Å². The van der Waals surface area contributed by atoms with Crippen LogP contribution in [0.3, 0.4) is 0 Å². The fraction of sp³-hybridized carbons (Fsp3) is 0.100. The Hall–Kier alpha value is -2.01. The second-order valence-electron chi connectivity index (χ2n) is 2.87. The number of amides is 1. The average molecular weight is 206 g/mol. The summed E-state index contributed by atoms with van der Waals surface area (Å²) >= 11 is 0. The lowest BCUT2D eigenvalue weighted by Gasteiger charge is -2.00. The highest BCUT2D eigenvalue weighted by molar-refractivity contribution is 5.79. The fourth-order valence-electron chi connectivity index (χ4n) is 1.23. The van der Waals surface area contributed by atoms with E-state index in [1.165, 1.54) is 0 Å². The summed E-state index contributed by atoms with van der Waals surface area (Å²) in [6.07, 6.45) is -0.614. The number of hydrogen-bond acceptors (Lipinski definition) is 4. The average Bonchev–Trinajstić information content (AvgIpc) is 2.59. The van der Waals surface area contributed by atoms with Gasteiger partial charge in [0.15, 0.2) is 0 Å². The van der Waals surface area contributed by atoms with Gasteiger partial charge < -0.3 is 9.15 Å². The molecule has 0 radical (unpaired) electrons. The quantitative estimate of drug-likeness (QED) is 0.733. The maximum Gasteiger partial charge on any atom is 0.429 e. The van der Waals surface area contributed by atoms with Crippen molar-refractivity contribution in [1.29, 1.82) is 0 Å². The monoisotopic (exact) mass is 206 g/mol. The third kappa shape index (κ3) is 2.08. The van der Waals surface area contributed by atoms with Gasteiger partial charge in [-0.1, -0.05) is 18.2 Å². The second kappa shape index (κ2) is 4.02. The molecule has 0 bridgehead atoms. The maximum absolute atomic E-state index is 11.0. The summed E-state index contributed by atoms with van der Waals surface area (Å²) in [5.74, 6) is 0.170. The summed E-state index contributed by atoms with van der Waals surface area (Å²) in [6, 6.07) is 9.07. The molecule has 0 aliphatic rings. The number of furan rings is 1. The van der Waals surface area contributed by atoms with Crippen LogP contribution in [0.4, 0.5) is 4.79 Å². The van der Waals surface area contributed by atoms with Gasteiger partial charge in [0.05, 0.1) is 0 Å². The van der Waals surface area contributed by atoms with E-state index < -0.39 is 6.09 Å². The Kier molecular flexibility index (Phi) is 2.55. The number of nitrogens with one attached hydrogen (secondary N) is 2. The van der Waals surface area contributed by atoms with E-state index in [4.69, 9.17) is 9.15 Å². The first-order chi connectivity index (χ1) is 7.29. The number of benzene rings is 1. The normalized spacial score (nSPS) is 10.2. The molecule has 0 fully saturated rings. The van der Waals surface area contributed by atoms with Crippen LogP contribution in [0.25, 0.3) is 11.0 Å². The van der Waals surface area contributed by atoms with Crippen LogP contribution in [0.2, 0.25) is 0 Å². The van der Waals surface area contributed by atoms with E-state index in [1.807, 2.05) is 18.2 Å². The lowest BCUT2D eigenvalue weighted by Crippen LogP contribution is -2.36. The molecule has 5 heteroatoms. The standard InChI is InChI=1S/C10H10N2O3/c1-11-12-10(13)15-9-6-7-4-2-3-5-8(7)14-9/h2-6,11H,1H3,(H,12,13). The van der Waals surface area contributed by atoms with E-state index in [1.54, 1.807) is 19.2 Å². The molecule has 0 saturated heterocycles. The van der Waals surface area contributed by atoms with Crippen molar-refractivity contribution in [2.24, 2.45) is 0 Å². The highest BCUT2D eigenvalue weighted by Crippen LogP contribution is 2.24. The van der Waals surface area contributed by atoms with Gasteiger partial charge in [0.25, 0.3) is 5.95 Å². The first-order valence-corrected chi connectivity index (χ1v) is 4.43. The van der Waals surface area contributed by atoms with Gasteiger partial charge in [-0.05, 0) is 6.07 Å². The van der Waals surface area contributed by atoms with Crippen LogP contribution in [-0.2, 0) is 0 Å². The molecule has 0 saturated carbocycles. The number of hydrazine groups is 1. The smallest absolute Gasteiger partial charge is 0.425 e. The molecule has 0 aliphatic carbocycles. The van der Waals surface area contributed by atoms with Crippen LogP contribution in [0.15, 0.2) is 34.7 Å². The van der Waals surface area contributed by atoms with Gasteiger partial charge >= 0.3 is 6.09 Å². The molecular weight excluding hydrogens is 196 g/mol. The van der Waals surface area contributed by atoms with Crippen molar-refractivity contribution in [3.63, 3.8) is 0 Å². The Morgan fingerprint density at radius 2 is 2.20 bits per heavy atom. The van der Waals surface area contributed by atoms with E-state index in [0.29, 0.717) is 5.58 Å². The summed E-state index contributed by atoms with van der Waals surface area (Å²) in [5, 5.41) is 0.893. The van der Waals surface area contributed by atoms with E-state index in [-0.39, 0.29) is 5.95 Å². The SMILES string of the molecule is CNNC(=O)Oc1cc2ccccc2o1. The van der Waals surface area contributed by atoms with Crippen molar-refractivity contribution in [3.05, 3.63) is 30.3 Å². The van der Waals surface area contributed by atoms with Gasteiger partial charge in [-0.25, -0.2) is 10.2 Å². The minimum atomic E-state index is -0.614. The molecule has 1 heterocycles. The summed E-state index contributed by atoms with van der Waals surface area (Å²) in [6.45, 7) is 0. The highest BCUT2D eigenvalue weighted by atomic mass is 16.6. The summed E-state index contributed by atoms with van der Waals surface area (Å²) < 4.78 is 10.1. The van der Waals surface area contributed by atoms with Crippen molar-refractivity contribution in [2.75, 3.05) is 7.05 Å². The first-order valence-electron chi connectivity index (χ1n) is 4.43. The van der Waals surface area contributed by atoms with Gasteiger partial charge in [-0.15, -0.1) is 0 Å². The lowest BCUT2D eigenvalue weighted by atomic mass is 10.3. The van der Waals surface area contributed by atoms with Gasteiger partial charge in [0, 0.05) is 18.5 Å². The minimum Gasteiger partial charge on any atom is -0.425 e. The predicted molar refractivity (Wildman–Crippen MR) is 54.4 cm³/mol. The molecule has 1 amide bonds. The van der Waals surface area contributed by atoms with Gasteiger partial charge in [-0.3, -0.25) is 5.43 Å². The van der Waals surface area contributed by atoms with Gasteiger partial charge in [-0.2, -0.15) is 0 Å². The fourth-order valence-corrected chi connectivity index (χ4v) is 1.23. The second-order valence-corrected chi connectivity index (χ2v) is 2.87. The molecule has 2 N–H and O–H groups in total. The minimum absolute atomic E-state index is 0.170. The number of rotatable bonds is 2. The third-order valence-electron chi connectivity index (χ3n) is 1.82. The van der Waals surface area contributed by atoms with E-state index in [2.05, 4.69) is 10.9 Å². The van der Waals surface area contributed by atoms with Crippen LogP contribution in [0.1, 0.15) is 0 Å². The summed E-state index contributed by atoms with van der Waals surface area (Å²) in [4.78, 5) is 11.0. The molecule has 0 aliphatic heterocycles. The van der Waals surface area contributed by atoms with Crippen molar-refractivity contribution in [3.8, 4) is 5.95 Å². The van der Waals surface area contributed by atoms with Crippen LogP contribution in [-0.4, -0.2) is 13.1 Å². The molecule has 2 rings (SSSR count). The van der Waals surface area contributed by atoms with Crippen LogP contribution in [0.5, 0.6) is 5.95 Å². The molecule has 0 atom stereocenters. The molecule has 15 heavy (non-hydrogen) atoms. The number of para-hydroxylation sites is 1. The van der Waals surface area contributed by atoms with E-state index >= 15 is 0 Å². The zero-order chi connectivity index (χ0) is 10.7. The zero-order valence-corrected chi connectivity index (χ0v) is 8.11. The predicted octanol–water partition coefficient (Wildman–Crippen LogP) is 1.66. The van der Waals surface area contributed by atoms with E-state index in [0.717, 1.165) is 5.39 Å². The van der Waals surface area contributed by atoms with Gasteiger partial charge in [0.1, 0.15) is 5.58 Å². The Morgan fingerprint density at radius 3 is 2.93 bits per heavy atom. The molecule has 1 aromatic carbocycles. The Labute approximate surface area is 86.0 Å². The molecule has 2 aromatic rings. The van der Waals surface area contributed by atoms with E-state index in [9.17, 15) is 4.79 Å². The number of hydrogen-bond donors (Lipinski definition) is 2. The molecule has 0 unspecified atom stereocenters. The van der Waals surface area contributed by atoms with Crippen molar-refractivity contribution >= 4 is 17.1 Å². The molecular formula is C10H10N2O3. The number of carbonyl (C=O) groups is 1. The maximum atomic E-state index is 11.0. The van der Waals surface area contributed by atoms with Crippen molar-refractivity contribution in [2.45, 2.75) is 0 Å². The zero-order valence-electron chi connectivity index (χ0n) is 8.11. The van der Waals surface area contributed by atoms with Crippen molar-refractivity contribution in [1.82, 2.24) is 10.9 Å². The van der Waals surface area contributed by atoms with Gasteiger partial charge in [0.2, 0.25) is 0 Å². The summed E-state index contributed by atoms with van der Waals surface area (Å²) in [7, 11) is 1.57.